The molecule has 0 bridgehead atoms. The summed E-state index contributed by atoms with van der Waals surface area (Å²) >= 11 is 0. The molecule has 2 unspecified atom stereocenters. The lowest BCUT2D eigenvalue weighted by Gasteiger charge is -2.23. The van der Waals surface area contributed by atoms with Crippen molar-refractivity contribution in [1.29, 1.82) is 0 Å². The highest BCUT2D eigenvalue weighted by atomic mass is 16.3. The third kappa shape index (κ3) is 3.22. The fourth-order valence-electron chi connectivity index (χ4n) is 3.16. The van der Waals surface area contributed by atoms with E-state index in [2.05, 4.69) is 10.3 Å². The second-order valence-corrected chi connectivity index (χ2v) is 7.91. The molecule has 1 aromatic carbocycles. The van der Waals surface area contributed by atoms with Crippen LogP contribution in [0.4, 0.5) is 5.82 Å². The molecule has 0 saturated heterocycles. The molecule has 0 aliphatic carbocycles. The number of fused-ring (bicyclic) bond motifs is 1. The van der Waals surface area contributed by atoms with Crippen LogP contribution in [0.25, 0.3) is 0 Å². The minimum Gasteiger partial charge on any atom is -0.384 e. The summed E-state index contributed by atoms with van der Waals surface area (Å²) in [5.41, 5.74) is 7.29. The number of nitrogens with two attached hydrogens (primary N) is 1. The lowest BCUT2D eigenvalue weighted by molar-refractivity contribution is 0.0616. The van der Waals surface area contributed by atoms with Gasteiger partial charge in [-0.2, -0.15) is 5.10 Å². The Kier molecular flexibility index (Phi) is 4.59. The van der Waals surface area contributed by atoms with Crippen molar-refractivity contribution in [3.8, 4) is 0 Å². The van der Waals surface area contributed by atoms with E-state index in [1.165, 1.54) is 4.68 Å². The number of hydrogen-bond acceptors (Lipinski definition) is 6. The highest BCUT2D eigenvalue weighted by Crippen LogP contribution is 2.30. The number of rotatable bonds is 5. The Balaban J connectivity index is 1.84. The Hall–Kier alpha value is -3.03. The highest BCUT2D eigenvalue weighted by Gasteiger charge is 2.38. The fraction of sp³-hybridized carbons (Fsp3) is 0.421. The quantitative estimate of drug-likeness (QED) is 0.643. The predicted molar refractivity (Wildman–Crippen MR) is 101 cm³/mol. The molecule has 1 aromatic heterocycles. The molecule has 2 amide bonds. The van der Waals surface area contributed by atoms with Crippen LogP contribution >= 0.6 is 0 Å². The van der Waals surface area contributed by atoms with Crippen LogP contribution in [0.2, 0.25) is 0 Å². The van der Waals surface area contributed by atoms with E-state index < -0.39 is 12.1 Å². The molecule has 2 aromatic rings. The molecule has 2 atom stereocenters. The minimum atomic E-state index is -0.926. The molecule has 0 spiro atoms. The van der Waals surface area contributed by atoms with Crippen molar-refractivity contribution in [2.24, 2.45) is 11.1 Å². The maximum Gasteiger partial charge on any atom is 0.261 e. The number of carbonyl (C=O) groups is 2. The van der Waals surface area contributed by atoms with Crippen LogP contribution in [-0.2, 0) is 5.41 Å². The highest BCUT2D eigenvalue weighted by molar-refractivity contribution is 6.21. The molecule has 8 heteroatoms. The number of nitrogens with zero attached hydrogens (tertiary/aromatic N) is 4. The van der Waals surface area contributed by atoms with Crippen molar-refractivity contribution in [1.82, 2.24) is 14.7 Å². The first-order valence-electron chi connectivity index (χ1n) is 8.78. The second-order valence-electron chi connectivity index (χ2n) is 7.91. The number of carbonyl (C=O) groups excluding carboxylic acids is 2. The van der Waals surface area contributed by atoms with E-state index in [0.717, 1.165) is 10.6 Å². The number of anilines is 1. The van der Waals surface area contributed by atoms with Crippen molar-refractivity contribution < 1.29 is 9.59 Å². The topological polar surface area (TPSA) is 111 Å². The summed E-state index contributed by atoms with van der Waals surface area (Å²) in [5, 5.41) is 7.61. The van der Waals surface area contributed by atoms with Crippen LogP contribution in [-0.4, -0.2) is 33.0 Å². The van der Waals surface area contributed by atoms with Crippen LogP contribution in [0, 0.1) is 10.8 Å². The number of imide groups is 1. The first kappa shape index (κ1) is 18.8. The first-order chi connectivity index (χ1) is 12.6. The Labute approximate surface area is 157 Å². The first-order valence-corrected chi connectivity index (χ1v) is 8.78. The molecule has 2 N–H and O–H groups in total. The molecule has 2 heterocycles. The molecule has 142 valence electrons. The number of amides is 2. The molecule has 1 aliphatic heterocycles. The maximum absolute atomic E-state index is 12.5. The number of aromatic nitrogens is 2. The van der Waals surface area contributed by atoms with E-state index >= 15 is 0 Å². The zero-order chi connectivity index (χ0) is 19.9. The molecule has 27 heavy (non-hydrogen) atoms. The van der Waals surface area contributed by atoms with Crippen LogP contribution in [0.5, 0.6) is 0 Å². The number of hydrogen-bond donors (Lipinski definition) is 1. The number of benzene rings is 1. The summed E-state index contributed by atoms with van der Waals surface area (Å²) in [5.74, 6) is -0.870. The molecule has 8 nitrogen and oxygen atoms in total. The number of nitroso groups, excluding NO2 is 1. The standard InChI is InChI=1S/C19H23N5O3/c1-11(10-23-17(25)12-7-5-6-8-13(12)18(23)26)16(22-27)24-15(20)9-14(21-24)19(2,3)4/h5-9,11,16H,10,20H2,1-4H3. The van der Waals surface area contributed by atoms with E-state index in [4.69, 9.17) is 5.73 Å². The smallest absolute Gasteiger partial charge is 0.261 e. The van der Waals surface area contributed by atoms with E-state index in [-0.39, 0.29) is 23.8 Å². The fourth-order valence-corrected chi connectivity index (χ4v) is 3.16. The predicted octanol–water partition coefficient (Wildman–Crippen LogP) is 2.96. The van der Waals surface area contributed by atoms with Gasteiger partial charge in [0.25, 0.3) is 11.8 Å². The molecule has 0 fully saturated rings. The summed E-state index contributed by atoms with van der Waals surface area (Å²) in [4.78, 5) is 37.8. The summed E-state index contributed by atoms with van der Waals surface area (Å²) in [6.07, 6.45) is -0.926. The maximum atomic E-state index is 12.5. The molecular formula is C19H23N5O3. The average Bonchev–Trinajstić information content (AvgIpc) is 3.10. The molecule has 3 rings (SSSR count). The lowest BCUT2D eigenvalue weighted by atomic mass is 9.92. The van der Waals surface area contributed by atoms with Gasteiger partial charge in [-0.15, -0.1) is 4.91 Å². The monoisotopic (exact) mass is 369 g/mol. The van der Waals surface area contributed by atoms with Crippen molar-refractivity contribution in [3.05, 3.63) is 52.1 Å². The summed E-state index contributed by atoms with van der Waals surface area (Å²) in [7, 11) is 0. The van der Waals surface area contributed by atoms with Crippen LogP contribution in [0.3, 0.4) is 0 Å². The normalized spacial score (nSPS) is 16.4. The van der Waals surface area contributed by atoms with Crippen molar-refractivity contribution >= 4 is 17.6 Å². The summed E-state index contributed by atoms with van der Waals surface area (Å²) in [6.45, 7) is 7.76. The Morgan fingerprint density at radius 2 is 1.70 bits per heavy atom. The van der Waals surface area contributed by atoms with Gasteiger partial charge in [-0.3, -0.25) is 14.5 Å². The largest absolute Gasteiger partial charge is 0.384 e. The van der Waals surface area contributed by atoms with Gasteiger partial charge in [0.2, 0.25) is 0 Å². The molecular weight excluding hydrogens is 346 g/mol. The molecule has 0 saturated carbocycles. The minimum absolute atomic E-state index is 0.0485. The van der Waals surface area contributed by atoms with Gasteiger partial charge in [-0.05, 0) is 17.3 Å². The second kappa shape index (κ2) is 6.61. The zero-order valence-electron chi connectivity index (χ0n) is 15.8. The van der Waals surface area contributed by atoms with Gasteiger partial charge in [-0.25, -0.2) is 4.68 Å². The van der Waals surface area contributed by atoms with Crippen molar-refractivity contribution in [2.75, 3.05) is 12.3 Å². The van der Waals surface area contributed by atoms with Crippen LogP contribution in [0.15, 0.2) is 35.5 Å². The van der Waals surface area contributed by atoms with Gasteiger partial charge in [-0.1, -0.05) is 39.8 Å². The van der Waals surface area contributed by atoms with Gasteiger partial charge in [0.05, 0.1) is 16.8 Å². The van der Waals surface area contributed by atoms with Gasteiger partial charge in [0.1, 0.15) is 5.82 Å². The van der Waals surface area contributed by atoms with Crippen molar-refractivity contribution in [2.45, 2.75) is 39.3 Å². The molecule has 0 radical (unpaired) electrons. The van der Waals surface area contributed by atoms with Gasteiger partial charge < -0.3 is 5.73 Å². The molecule has 1 aliphatic rings. The Morgan fingerprint density at radius 3 is 2.15 bits per heavy atom. The summed E-state index contributed by atoms with van der Waals surface area (Å²) in [6, 6.07) is 8.39. The summed E-state index contributed by atoms with van der Waals surface area (Å²) < 4.78 is 1.37. The average molecular weight is 369 g/mol. The van der Waals surface area contributed by atoms with E-state index in [9.17, 15) is 14.5 Å². The van der Waals surface area contributed by atoms with E-state index in [1.54, 1.807) is 37.3 Å². The van der Waals surface area contributed by atoms with E-state index in [0.29, 0.717) is 16.9 Å². The van der Waals surface area contributed by atoms with Crippen LogP contribution in [0.1, 0.15) is 60.3 Å². The van der Waals surface area contributed by atoms with Crippen LogP contribution < -0.4 is 5.73 Å². The van der Waals surface area contributed by atoms with Gasteiger partial charge in [0.15, 0.2) is 6.17 Å². The third-order valence-corrected chi connectivity index (χ3v) is 4.75. The number of nitrogen functional groups attached to an aromatic ring is 1. The van der Waals surface area contributed by atoms with E-state index in [1.807, 2.05) is 20.8 Å². The SMILES string of the molecule is CC(CN1C(=O)c2ccccc2C1=O)C(N=O)n1nc(C(C)(C)C)cc1N. The third-order valence-electron chi connectivity index (χ3n) is 4.75. The Bertz CT molecular complexity index is 877. The van der Waals surface area contributed by atoms with Gasteiger partial charge >= 0.3 is 0 Å². The zero-order valence-corrected chi connectivity index (χ0v) is 15.8. The lowest BCUT2D eigenvalue weighted by Crippen LogP contribution is -2.36. The van der Waals surface area contributed by atoms with Gasteiger partial charge in [0, 0.05) is 23.9 Å². The Morgan fingerprint density at radius 1 is 1.15 bits per heavy atom. The van der Waals surface area contributed by atoms with Crippen molar-refractivity contribution in [3.63, 3.8) is 0 Å².